The van der Waals surface area contributed by atoms with Crippen LogP contribution in [-0.4, -0.2) is 31.1 Å². The van der Waals surface area contributed by atoms with E-state index in [2.05, 4.69) is 15.8 Å². The molecule has 3 aromatic rings. The molecule has 0 aliphatic carbocycles. The van der Waals surface area contributed by atoms with E-state index in [9.17, 15) is 14.4 Å². The summed E-state index contributed by atoms with van der Waals surface area (Å²) in [4.78, 5) is 36.8. The van der Waals surface area contributed by atoms with Gasteiger partial charge >= 0.3 is 5.97 Å². The van der Waals surface area contributed by atoms with Gasteiger partial charge in [-0.05, 0) is 60.7 Å². The van der Waals surface area contributed by atoms with Crippen LogP contribution in [0.25, 0.3) is 0 Å². The van der Waals surface area contributed by atoms with Crippen molar-refractivity contribution < 1.29 is 23.9 Å². The fourth-order valence-electron chi connectivity index (χ4n) is 2.84. The SMILES string of the molecule is COc1cccc(C(=O)Oc2ccc(Cl)cc2/C=N/NC(=O)c2ccc(NC(=O)C(C)C)cc2)c1. The predicted octanol–water partition coefficient (Wildman–Crippen LogP) is 4.93. The molecule has 0 aromatic heterocycles. The number of esters is 1. The first kappa shape index (κ1) is 25.5. The van der Waals surface area contributed by atoms with Gasteiger partial charge in [0.2, 0.25) is 5.91 Å². The molecule has 0 heterocycles. The van der Waals surface area contributed by atoms with Crippen LogP contribution in [-0.2, 0) is 4.79 Å². The van der Waals surface area contributed by atoms with Crippen LogP contribution in [0.4, 0.5) is 5.69 Å². The van der Waals surface area contributed by atoms with E-state index in [0.29, 0.717) is 33.1 Å². The maximum absolute atomic E-state index is 12.6. The number of nitrogens with zero attached hydrogens (tertiary/aromatic N) is 1. The summed E-state index contributed by atoms with van der Waals surface area (Å²) in [5.74, 6) is -0.579. The van der Waals surface area contributed by atoms with Gasteiger partial charge in [-0.2, -0.15) is 5.10 Å². The number of halogens is 1. The normalized spacial score (nSPS) is 10.8. The second kappa shape index (κ2) is 11.8. The fourth-order valence-corrected chi connectivity index (χ4v) is 3.02. The Hall–Kier alpha value is -4.17. The monoisotopic (exact) mass is 493 g/mol. The van der Waals surface area contributed by atoms with E-state index in [-0.39, 0.29) is 17.6 Å². The number of hydrazone groups is 1. The van der Waals surface area contributed by atoms with Crippen molar-refractivity contribution in [2.75, 3.05) is 12.4 Å². The number of benzene rings is 3. The van der Waals surface area contributed by atoms with Crippen molar-refractivity contribution in [3.63, 3.8) is 0 Å². The molecular formula is C26H24ClN3O5. The van der Waals surface area contributed by atoms with E-state index < -0.39 is 11.9 Å². The molecule has 9 heteroatoms. The predicted molar refractivity (Wildman–Crippen MR) is 134 cm³/mol. The Kier molecular flexibility index (Phi) is 8.58. The molecule has 3 aromatic carbocycles. The average Bonchev–Trinajstić information content (AvgIpc) is 2.85. The van der Waals surface area contributed by atoms with E-state index in [1.807, 2.05) is 0 Å². The molecule has 2 N–H and O–H groups in total. The molecule has 0 saturated heterocycles. The van der Waals surface area contributed by atoms with Crippen molar-refractivity contribution >= 4 is 41.3 Å². The number of methoxy groups -OCH3 is 1. The third-order valence-corrected chi connectivity index (χ3v) is 5.02. The van der Waals surface area contributed by atoms with Crippen LogP contribution in [0.15, 0.2) is 71.8 Å². The largest absolute Gasteiger partial charge is 0.497 e. The van der Waals surface area contributed by atoms with Crippen LogP contribution in [0.1, 0.15) is 40.1 Å². The number of nitrogens with one attached hydrogen (secondary N) is 2. The molecule has 0 aliphatic rings. The lowest BCUT2D eigenvalue weighted by molar-refractivity contribution is -0.118. The zero-order chi connectivity index (χ0) is 25.4. The summed E-state index contributed by atoms with van der Waals surface area (Å²) in [5.41, 5.74) is 4.05. The zero-order valence-electron chi connectivity index (χ0n) is 19.4. The van der Waals surface area contributed by atoms with E-state index in [4.69, 9.17) is 21.1 Å². The molecule has 35 heavy (non-hydrogen) atoms. The van der Waals surface area contributed by atoms with Crippen LogP contribution in [0, 0.1) is 5.92 Å². The third-order valence-electron chi connectivity index (χ3n) is 4.79. The maximum atomic E-state index is 12.6. The number of carbonyl (C=O) groups is 3. The summed E-state index contributed by atoms with van der Waals surface area (Å²) in [6.45, 7) is 3.58. The number of carbonyl (C=O) groups excluding carboxylic acids is 3. The highest BCUT2D eigenvalue weighted by Crippen LogP contribution is 2.23. The van der Waals surface area contributed by atoms with E-state index in [0.717, 1.165) is 0 Å². The Labute approximate surface area is 207 Å². The summed E-state index contributed by atoms with van der Waals surface area (Å²) >= 11 is 6.08. The van der Waals surface area contributed by atoms with Crippen molar-refractivity contribution in [1.82, 2.24) is 5.43 Å². The molecule has 0 unspecified atom stereocenters. The molecule has 0 bridgehead atoms. The summed E-state index contributed by atoms with van der Waals surface area (Å²) < 4.78 is 10.6. The van der Waals surface area contributed by atoms with Crippen LogP contribution < -0.4 is 20.2 Å². The van der Waals surface area contributed by atoms with Crippen molar-refractivity contribution in [2.45, 2.75) is 13.8 Å². The number of ether oxygens (including phenoxy) is 2. The Balaban J connectivity index is 1.67. The summed E-state index contributed by atoms with van der Waals surface area (Å²) in [6, 6.07) is 17.6. The molecule has 0 radical (unpaired) electrons. The molecule has 0 fully saturated rings. The molecule has 0 aliphatic heterocycles. The lowest BCUT2D eigenvalue weighted by Gasteiger charge is -2.09. The molecule has 180 valence electrons. The number of anilines is 1. The number of hydrogen-bond acceptors (Lipinski definition) is 6. The first-order valence-electron chi connectivity index (χ1n) is 10.7. The second-order valence-electron chi connectivity index (χ2n) is 7.72. The highest BCUT2D eigenvalue weighted by atomic mass is 35.5. The van der Waals surface area contributed by atoms with Gasteiger partial charge in [-0.25, -0.2) is 10.2 Å². The van der Waals surface area contributed by atoms with Crippen molar-refractivity contribution in [3.8, 4) is 11.5 Å². The van der Waals surface area contributed by atoms with Gasteiger partial charge in [-0.15, -0.1) is 0 Å². The molecule has 2 amide bonds. The van der Waals surface area contributed by atoms with Gasteiger partial charge in [0.15, 0.2) is 0 Å². The van der Waals surface area contributed by atoms with Gasteiger partial charge in [0.25, 0.3) is 5.91 Å². The second-order valence-corrected chi connectivity index (χ2v) is 8.16. The topological polar surface area (TPSA) is 106 Å². The molecule has 8 nitrogen and oxygen atoms in total. The van der Waals surface area contributed by atoms with Gasteiger partial charge in [0.05, 0.1) is 18.9 Å². The van der Waals surface area contributed by atoms with Crippen molar-refractivity contribution in [1.29, 1.82) is 0 Å². The standard InChI is InChI=1S/C26H24ClN3O5/c1-16(2)24(31)29-21-10-7-17(8-11-21)25(32)30-28-15-19-13-20(27)9-12-23(19)35-26(33)18-5-4-6-22(14-18)34-3/h4-16H,1-3H3,(H,29,31)(H,30,32)/b28-15+. The van der Waals surface area contributed by atoms with E-state index >= 15 is 0 Å². The molecule has 3 rings (SSSR count). The first-order valence-corrected chi connectivity index (χ1v) is 11.0. The Morgan fingerprint density at radius 3 is 2.40 bits per heavy atom. The van der Waals surface area contributed by atoms with Gasteiger partial charge in [0, 0.05) is 27.8 Å². The Bertz CT molecular complexity index is 1260. The minimum atomic E-state index is -0.588. The van der Waals surface area contributed by atoms with Gasteiger partial charge in [-0.1, -0.05) is 31.5 Å². The smallest absolute Gasteiger partial charge is 0.343 e. The van der Waals surface area contributed by atoms with Crippen LogP contribution in [0.3, 0.4) is 0 Å². The number of rotatable bonds is 8. The molecule has 0 atom stereocenters. The lowest BCUT2D eigenvalue weighted by atomic mass is 10.1. The minimum absolute atomic E-state index is 0.115. The highest BCUT2D eigenvalue weighted by molar-refractivity contribution is 6.31. The van der Waals surface area contributed by atoms with Gasteiger partial charge in [0.1, 0.15) is 11.5 Å². The van der Waals surface area contributed by atoms with Crippen molar-refractivity contribution in [3.05, 3.63) is 88.4 Å². The summed E-state index contributed by atoms with van der Waals surface area (Å²) in [5, 5.41) is 7.11. The number of amides is 2. The lowest BCUT2D eigenvalue weighted by Crippen LogP contribution is -2.19. The average molecular weight is 494 g/mol. The van der Waals surface area contributed by atoms with Crippen LogP contribution in [0.2, 0.25) is 5.02 Å². The molecule has 0 saturated carbocycles. The Morgan fingerprint density at radius 2 is 1.71 bits per heavy atom. The minimum Gasteiger partial charge on any atom is -0.497 e. The quantitative estimate of drug-likeness (QED) is 0.200. The van der Waals surface area contributed by atoms with Crippen molar-refractivity contribution in [2.24, 2.45) is 11.0 Å². The number of hydrogen-bond donors (Lipinski definition) is 2. The third kappa shape index (κ3) is 7.15. The van der Waals surface area contributed by atoms with E-state index in [1.54, 1.807) is 74.5 Å². The van der Waals surface area contributed by atoms with Crippen LogP contribution >= 0.6 is 11.6 Å². The zero-order valence-corrected chi connectivity index (χ0v) is 20.1. The fraction of sp³-hybridized carbons (Fsp3) is 0.154. The Morgan fingerprint density at radius 1 is 0.971 bits per heavy atom. The first-order chi connectivity index (χ1) is 16.8. The van der Waals surface area contributed by atoms with E-state index in [1.165, 1.54) is 19.4 Å². The summed E-state index contributed by atoms with van der Waals surface area (Å²) in [7, 11) is 1.51. The molecular weight excluding hydrogens is 470 g/mol. The van der Waals surface area contributed by atoms with Gasteiger partial charge in [-0.3, -0.25) is 9.59 Å². The van der Waals surface area contributed by atoms with Crippen LogP contribution in [0.5, 0.6) is 11.5 Å². The van der Waals surface area contributed by atoms with Gasteiger partial charge < -0.3 is 14.8 Å². The summed E-state index contributed by atoms with van der Waals surface area (Å²) in [6.07, 6.45) is 1.33. The maximum Gasteiger partial charge on any atom is 0.343 e. The molecule has 0 spiro atoms. The highest BCUT2D eigenvalue weighted by Gasteiger charge is 2.13.